The molecule has 0 amide bonds. The predicted octanol–water partition coefficient (Wildman–Crippen LogP) is 23.9. The summed E-state index contributed by atoms with van der Waals surface area (Å²) in [5.41, 5.74) is 0. The Hall–Kier alpha value is -2.89. The molecule has 460 valence electrons. The smallest absolute Gasteiger partial charge is 0.306 e. The Balaban J connectivity index is 4.07. The van der Waals surface area contributed by atoms with Crippen molar-refractivity contribution in [1.82, 2.24) is 0 Å². The number of hydrogen-bond donors (Lipinski definition) is 0. The van der Waals surface area contributed by atoms with Gasteiger partial charge in [0.25, 0.3) is 0 Å². The third kappa shape index (κ3) is 65.8. The summed E-state index contributed by atoms with van der Waals surface area (Å²) in [6.45, 7) is 6.56. The molecule has 0 aliphatic carbocycles. The number of unbranched alkanes of at least 4 members (excludes halogenated alkanes) is 43. The molecule has 0 bridgehead atoms. The average Bonchev–Trinajstić information content (AvgIpc) is 3.45. The predicted molar refractivity (Wildman–Crippen MR) is 344 cm³/mol. The number of allylic oxidation sites excluding steroid dienone is 10. The summed E-state index contributed by atoms with van der Waals surface area (Å²) >= 11 is 0. The standard InChI is InChI=1S/C73H132O6/c1-4-7-10-13-16-19-22-24-26-28-30-31-32-33-34-35-36-37-38-39-40-41-42-43-44-46-47-49-51-54-57-60-63-66-72(75)78-69-70(68-77-71(74)65-62-59-56-53-21-18-15-12-9-6-3)79-73(76)67-64-61-58-55-52-50-48-45-29-27-25-23-20-17-14-11-8-5-2/h7,10,16,19,24,26-27,29-31,70H,4-6,8-9,11-15,17-18,20-23,25,28,32-69H2,1-3H3/b10-7-,19-16-,26-24-,29-27-,31-30-. The van der Waals surface area contributed by atoms with Crippen LogP contribution in [0.25, 0.3) is 0 Å². The molecule has 0 rings (SSSR count). The highest BCUT2D eigenvalue weighted by Crippen LogP contribution is 2.18. The van der Waals surface area contributed by atoms with Gasteiger partial charge in [0.15, 0.2) is 6.10 Å². The van der Waals surface area contributed by atoms with Gasteiger partial charge in [0.2, 0.25) is 0 Å². The topological polar surface area (TPSA) is 78.9 Å². The van der Waals surface area contributed by atoms with Crippen molar-refractivity contribution in [3.8, 4) is 0 Å². The van der Waals surface area contributed by atoms with Crippen molar-refractivity contribution in [2.45, 2.75) is 374 Å². The van der Waals surface area contributed by atoms with Crippen molar-refractivity contribution in [3.05, 3.63) is 60.8 Å². The number of esters is 3. The first kappa shape index (κ1) is 76.1. The lowest BCUT2D eigenvalue weighted by Gasteiger charge is -2.18. The van der Waals surface area contributed by atoms with Gasteiger partial charge in [0.05, 0.1) is 0 Å². The van der Waals surface area contributed by atoms with Crippen molar-refractivity contribution < 1.29 is 28.6 Å². The summed E-state index contributed by atoms with van der Waals surface area (Å²) in [4.78, 5) is 38.3. The molecule has 0 heterocycles. The summed E-state index contributed by atoms with van der Waals surface area (Å²) < 4.78 is 16.9. The van der Waals surface area contributed by atoms with Gasteiger partial charge in [-0.25, -0.2) is 0 Å². The fraction of sp³-hybridized carbons (Fsp3) is 0.822. The van der Waals surface area contributed by atoms with Gasteiger partial charge in [-0.15, -0.1) is 0 Å². The van der Waals surface area contributed by atoms with Crippen LogP contribution >= 0.6 is 0 Å². The molecule has 0 aromatic rings. The van der Waals surface area contributed by atoms with E-state index in [1.807, 2.05) is 0 Å². The Labute approximate surface area is 491 Å². The van der Waals surface area contributed by atoms with Crippen LogP contribution in [0.1, 0.15) is 367 Å². The second-order valence-electron chi connectivity index (χ2n) is 23.4. The highest BCUT2D eigenvalue weighted by Gasteiger charge is 2.19. The minimum Gasteiger partial charge on any atom is -0.462 e. The largest absolute Gasteiger partial charge is 0.462 e. The van der Waals surface area contributed by atoms with Crippen LogP contribution < -0.4 is 0 Å². The molecule has 6 heteroatoms. The molecule has 0 aliphatic heterocycles. The molecule has 6 nitrogen and oxygen atoms in total. The first-order chi connectivity index (χ1) is 39.0. The molecule has 0 saturated carbocycles. The first-order valence-electron chi connectivity index (χ1n) is 34.8. The molecule has 0 saturated heterocycles. The van der Waals surface area contributed by atoms with E-state index in [4.69, 9.17) is 14.2 Å². The molecular formula is C73H132O6. The SMILES string of the molecule is CC/C=C\C/C=C\C/C=C\C/C=C\CCCCCCCCCCCCCCCCCCCCCCC(=O)OCC(COC(=O)CCCCCCCCCCCC)OC(=O)CCCCCCCCC/C=C\CCCCCCCCC. The summed E-state index contributed by atoms with van der Waals surface area (Å²) in [5, 5.41) is 0. The number of ether oxygens (including phenoxy) is 3. The van der Waals surface area contributed by atoms with Crippen LogP contribution in [0, 0.1) is 0 Å². The van der Waals surface area contributed by atoms with E-state index in [9.17, 15) is 14.4 Å². The van der Waals surface area contributed by atoms with Crippen molar-refractivity contribution >= 4 is 17.9 Å². The van der Waals surface area contributed by atoms with Crippen molar-refractivity contribution in [3.63, 3.8) is 0 Å². The van der Waals surface area contributed by atoms with E-state index in [-0.39, 0.29) is 31.1 Å². The molecule has 0 aromatic heterocycles. The number of rotatable bonds is 64. The molecule has 0 spiro atoms. The first-order valence-corrected chi connectivity index (χ1v) is 34.8. The van der Waals surface area contributed by atoms with Gasteiger partial charge < -0.3 is 14.2 Å². The van der Waals surface area contributed by atoms with Crippen molar-refractivity contribution in [2.75, 3.05) is 13.2 Å². The summed E-state index contributed by atoms with van der Waals surface area (Å²) in [7, 11) is 0. The van der Waals surface area contributed by atoms with Crippen LogP contribution in [0.2, 0.25) is 0 Å². The average molecular weight is 1110 g/mol. The van der Waals surface area contributed by atoms with E-state index in [1.54, 1.807) is 0 Å². The molecule has 79 heavy (non-hydrogen) atoms. The Morgan fingerprint density at radius 2 is 0.494 bits per heavy atom. The third-order valence-electron chi connectivity index (χ3n) is 15.5. The highest BCUT2D eigenvalue weighted by atomic mass is 16.6. The minimum absolute atomic E-state index is 0.0697. The van der Waals surface area contributed by atoms with E-state index < -0.39 is 6.10 Å². The lowest BCUT2D eigenvalue weighted by Crippen LogP contribution is -2.30. The Morgan fingerprint density at radius 1 is 0.266 bits per heavy atom. The van der Waals surface area contributed by atoms with Crippen LogP contribution in [0.15, 0.2) is 60.8 Å². The van der Waals surface area contributed by atoms with Crippen LogP contribution in [-0.2, 0) is 28.6 Å². The molecule has 0 aromatic carbocycles. The van der Waals surface area contributed by atoms with E-state index >= 15 is 0 Å². The molecular weight excluding hydrogens is 973 g/mol. The van der Waals surface area contributed by atoms with Gasteiger partial charge in [-0.2, -0.15) is 0 Å². The van der Waals surface area contributed by atoms with Gasteiger partial charge in [0.1, 0.15) is 13.2 Å². The van der Waals surface area contributed by atoms with E-state index in [0.717, 1.165) is 83.5 Å². The maximum atomic E-state index is 12.9. The summed E-state index contributed by atoms with van der Waals surface area (Å²) in [6.07, 6.45) is 86.9. The Bertz CT molecular complexity index is 1410. The van der Waals surface area contributed by atoms with Gasteiger partial charge >= 0.3 is 17.9 Å². The molecule has 1 unspecified atom stereocenters. The number of carbonyl (C=O) groups is 3. The second-order valence-corrected chi connectivity index (χ2v) is 23.4. The molecule has 0 N–H and O–H groups in total. The van der Waals surface area contributed by atoms with E-state index in [0.29, 0.717) is 19.3 Å². The highest BCUT2D eigenvalue weighted by molar-refractivity contribution is 5.71. The summed E-state index contributed by atoms with van der Waals surface area (Å²) in [5.74, 6) is -0.852. The fourth-order valence-corrected chi connectivity index (χ4v) is 10.3. The van der Waals surface area contributed by atoms with Gasteiger partial charge in [-0.05, 0) is 83.5 Å². The van der Waals surface area contributed by atoms with Gasteiger partial charge in [-0.3, -0.25) is 14.4 Å². The lowest BCUT2D eigenvalue weighted by atomic mass is 10.0. The third-order valence-corrected chi connectivity index (χ3v) is 15.5. The van der Waals surface area contributed by atoms with Gasteiger partial charge in [-0.1, -0.05) is 326 Å². The van der Waals surface area contributed by atoms with Crippen LogP contribution in [0.3, 0.4) is 0 Å². The molecule has 0 aliphatic rings. The van der Waals surface area contributed by atoms with Crippen molar-refractivity contribution in [2.24, 2.45) is 0 Å². The second kappa shape index (κ2) is 67.6. The zero-order valence-corrected chi connectivity index (χ0v) is 52.9. The monoisotopic (exact) mass is 1110 g/mol. The van der Waals surface area contributed by atoms with Crippen molar-refractivity contribution in [1.29, 1.82) is 0 Å². The van der Waals surface area contributed by atoms with Crippen LogP contribution in [0.4, 0.5) is 0 Å². The maximum absolute atomic E-state index is 12.9. The number of carbonyl (C=O) groups excluding carboxylic acids is 3. The quantitative estimate of drug-likeness (QED) is 0.0261. The lowest BCUT2D eigenvalue weighted by molar-refractivity contribution is -0.167. The number of hydrogen-bond acceptors (Lipinski definition) is 6. The normalized spacial score (nSPS) is 12.4. The zero-order chi connectivity index (χ0) is 57.1. The van der Waals surface area contributed by atoms with Gasteiger partial charge in [0, 0.05) is 19.3 Å². The zero-order valence-electron chi connectivity index (χ0n) is 52.9. The molecule has 1 atom stereocenters. The van der Waals surface area contributed by atoms with Crippen LogP contribution in [-0.4, -0.2) is 37.2 Å². The Kier molecular flexibility index (Phi) is 65.1. The van der Waals surface area contributed by atoms with Crippen LogP contribution in [0.5, 0.6) is 0 Å². The molecule has 0 radical (unpaired) electrons. The van der Waals surface area contributed by atoms with E-state index in [1.165, 1.54) is 244 Å². The molecule has 0 fully saturated rings. The maximum Gasteiger partial charge on any atom is 0.306 e. The fourth-order valence-electron chi connectivity index (χ4n) is 10.3. The minimum atomic E-state index is -0.772. The van der Waals surface area contributed by atoms with E-state index in [2.05, 4.69) is 81.5 Å². The summed E-state index contributed by atoms with van der Waals surface area (Å²) in [6, 6.07) is 0. The Morgan fingerprint density at radius 3 is 0.785 bits per heavy atom.